The molecule has 2 aliphatic heterocycles. The zero-order valence-electron chi connectivity index (χ0n) is 12.4. The summed E-state index contributed by atoms with van der Waals surface area (Å²) >= 11 is 0. The number of hydrogen-bond acceptors (Lipinski definition) is 4. The van der Waals surface area contributed by atoms with E-state index in [1.165, 1.54) is 5.56 Å². The fourth-order valence-corrected chi connectivity index (χ4v) is 2.66. The molecule has 0 aliphatic carbocycles. The SMILES string of the molecule is Cc1ccc(N2C=C(N3C=NCC3)Oc3ccccc32)cc1. The van der Waals surface area contributed by atoms with Gasteiger partial charge < -0.3 is 14.5 Å². The molecule has 0 unspecified atom stereocenters. The van der Waals surface area contributed by atoms with Gasteiger partial charge in [-0.15, -0.1) is 0 Å². The second-order valence-electron chi connectivity index (χ2n) is 5.46. The first-order valence-corrected chi connectivity index (χ1v) is 7.42. The molecule has 0 aromatic heterocycles. The van der Waals surface area contributed by atoms with Gasteiger partial charge in [0.1, 0.15) is 0 Å². The van der Waals surface area contributed by atoms with Crippen LogP contribution >= 0.6 is 0 Å². The van der Waals surface area contributed by atoms with Crippen LogP contribution in [0.5, 0.6) is 5.75 Å². The molecule has 4 rings (SSSR count). The Hall–Kier alpha value is -2.75. The Labute approximate surface area is 130 Å². The van der Waals surface area contributed by atoms with Gasteiger partial charge in [0.2, 0.25) is 5.88 Å². The first-order valence-electron chi connectivity index (χ1n) is 7.42. The number of hydrogen-bond donors (Lipinski definition) is 0. The highest BCUT2D eigenvalue weighted by atomic mass is 16.5. The summed E-state index contributed by atoms with van der Waals surface area (Å²) < 4.78 is 6.05. The van der Waals surface area contributed by atoms with Gasteiger partial charge in [0.05, 0.1) is 24.8 Å². The first-order chi connectivity index (χ1) is 10.8. The largest absolute Gasteiger partial charge is 0.437 e. The van der Waals surface area contributed by atoms with E-state index in [2.05, 4.69) is 47.1 Å². The van der Waals surface area contributed by atoms with Crippen molar-refractivity contribution in [2.45, 2.75) is 6.92 Å². The van der Waals surface area contributed by atoms with E-state index in [4.69, 9.17) is 4.74 Å². The average molecular weight is 291 g/mol. The van der Waals surface area contributed by atoms with Crippen molar-refractivity contribution >= 4 is 17.7 Å². The van der Waals surface area contributed by atoms with E-state index < -0.39 is 0 Å². The summed E-state index contributed by atoms with van der Waals surface area (Å²) in [6, 6.07) is 16.6. The van der Waals surface area contributed by atoms with Gasteiger partial charge in [-0.2, -0.15) is 0 Å². The number of aliphatic imine (C=N–C) groups is 1. The second-order valence-corrected chi connectivity index (χ2v) is 5.46. The van der Waals surface area contributed by atoms with E-state index in [1.54, 1.807) is 0 Å². The molecule has 4 heteroatoms. The van der Waals surface area contributed by atoms with Crippen LogP contribution in [0, 0.1) is 6.92 Å². The molecule has 2 aliphatic rings. The summed E-state index contributed by atoms with van der Waals surface area (Å²) in [6.07, 6.45) is 3.87. The number of nitrogens with zero attached hydrogens (tertiary/aromatic N) is 3. The molecule has 0 bridgehead atoms. The van der Waals surface area contributed by atoms with Gasteiger partial charge in [0, 0.05) is 12.2 Å². The van der Waals surface area contributed by atoms with Crippen LogP contribution in [0.25, 0.3) is 0 Å². The van der Waals surface area contributed by atoms with E-state index in [0.717, 1.165) is 36.1 Å². The van der Waals surface area contributed by atoms with E-state index >= 15 is 0 Å². The Kier molecular flexibility index (Phi) is 3.07. The monoisotopic (exact) mass is 291 g/mol. The molecular weight excluding hydrogens is 274 g/mol. The number of rotatable bonds is 2. The topological polar surface area (TPSA) is 28.1 Å². The van der Waals surface area contributed by atoms with E-state index in [0.29, 0.717) is 0 Å². The maximum atomic E-state index is 6.05. The number of ether oxygens (including phenoxy) is 1. The number of fused-ring (bicyclic) bond motifs is 1. The van der Waals surface area contributed by atoms with Gasteiger partial charge in [-0.05, 0) is 31.2 Å². The Morgan fingerprint density at radius 3 is 2.64 bits per heavy atom. The maximum Gasteiger partial charge on any atom is 0.218 e. The third-order valence-electron chi connectivity index (χ3n) is 3.87. The van der Waals surface area contributed by atoms with Crippen molar-refractivity contribution in [3.05, 3.63) is 66.2 Å². The van der Waals surface area contributed by atoms with Crippen molar-refractivity contribution in [3.63, 3.8) is 0 Å². The maximum absolute atomic E-state index is 6.05. The average Bonchev–Trinajstić information content (AvgIpc) is 3.09. The number of anilines is 2. The number of para-hydroxylation sites is 2. The lowest BCUT2D eigenvalue weighted by Gasteiger charge is -2.31. The highest BCUT2D eigenvalue weighted by Gasteiger charge is 2.24. The molecule has 0 atom stereocenters. The smallest absolute Gasteiger partial charge is 0.218 e. The van der Waals surface area contributed by atoms with Gasteiger partial charge in [-0.25, -0.2) is 0 Å². The third-order valence-corrected chi connectivity index (χ3v) is 3.87. The fraction of sp³-hybridized carbons (Fsp3) is 0.167. The predicted molar refractivity (Wildman–Crippen MR) is 88.5 cm³/mol. The van der Waals surface area contributed by atoms with Gasteiger partial charge in [-0.1, -0.05) is 29.8 Å². The van der Waals surface area contributed by atoms with Crippen molar-refractivity contribution in [3.8, 4) is 5.75 Å². The lowest BCUT2D eigenvalue weighted by atomic mass is 10.2. The van der Waals surface area contributed by atoms with Gasteiger partial charge in [-0.3, -0.25) is 4.99 Å². The highest BCUT2D eigenvalue weighted by Crippen LogP contribution is 2.39. The van der Waals surface area contributed by atoms with E-state index in [9.17, 15) is 0 Å². The highest BCUT2D eigenvalue weighted by molar-refractivity contribution is 5.74. The third kappa shape index (κ3) is 2.22. The van der Waals surface area contributed by atoms with Crippen LogP contribution in [-0.2, 0) is 0 Å². The molecule has 0 saturated heterocycles. The molecule has 110 valence electrons. The Morgan fingerprint density at radius 2 is 1.86 bits per heavy atom. The van der Waals surface area contributed by atoms with Crippen molar-refractivity contribution in [2.75, 3.05) is 18.0 Å². The molecular formula is C18H17N3O. The van der Waals surface area contributed by atoms with Crippen molar-refractivity contribution in [1.29, 1.82) is 0 Å². The number of benzene rings is 2. The van der Waals surface area contributed by atoms with Crippen LogP contribution < -0.4 is 9.64 Å². The molecule has 0 saturated carbocycles. The van der Waals surface area contributed by atoms with Crippen LogP contribution in [0.3, 0.4) is 0 Å². The quantitative estimate of drug-likeness (QED) is 0.845. The zero-order chi connectivity index (χ0) is 14.9. The fourth-order valence-electron chi connectivity index (χ4n) is 2.66. The first kappa shape index (κ1) is 13.0. The molecule has 22 heavy (non-hydrogen) atoms. The predicted octanol–water partition coefficient (Wildman–Crippen LogP) is 3.67. The van der Waals surface area contributed by atoms with Crippen molar-refractivity contribution < 1.29 is 4.74 Å². The Balaban J connectivity index is 1.79. The van der Waals surface area contributed by atoms with E-state index in [1.807, 2.05) is 35.6 Å². The van der Waals surface area contributed by atoms with Crippen LogP contribution in [0.1, 0.15) is 5.56 Å². The summed E-state index contributed by atoms with van der Waals surface area (Å²) in [7, 11) is 0. The lowest BCUT2D eigenvalue weighted by molar-refractivity contribution is 0.302. The minimum Gasteiger partial charge on any atom is -0.437 e. The number of aryl methyl sites for hydroxylation is 1. The summed E-state index contributed by atoms with van der Waals surface area (Å²) in [6.45, 7) is 3.77. The molecule has 0 radical (unpaired) electrons. The summed E-state index contributed by atoms with van der Waals surface area (Å²) in [5, 5.41) is 0. The molecule has 0 spiro atoms. The molecule has 0 amide bonds. The molecule has 4 nitrogen and oxygen atoms in total. The van der Waals surface area contributed by atoms with E-state index in [-0.39, 0.29) is 0 Å². The van der Waals surface area contributed by atoms with Crippen LogP contribution in [0.4, 0.5) is 11.4 Å². The van der Waals surface area contributed by atoms with Crippen molar-refractivity contribution in [2.24, 2.45) is 4.99 Å². The minimum atomic E-state index is 0.806. The molecule has 2 aromatic carbocycles. The summed E-state index contributed by atoms with van der Waals surface area (Å²) in [5.41, 5.74) is 3.42. The standard InChI is InChI=1S/C18H17N3O/c1-14-6-8-15(9-7-14)21-12-18(20-11-10-19-13-20)22-17-5-3-2-4-16(17)21/h2-9,12-13H,10-11H2,1H3. The van der Waals surface area contributed by atoms with Gasteiger partial charge >= 0.3 is 0 Å². The molecule has 0 N–H and O–H groups in total. The molecule has 2 aromatic rings. The van der Waals surface area contributed by atoms with Gasteiger partial charge in [0.25, 0.3) is 0 Å². The van der Waals surface area contributed by atoms with Crippen LogP contribution in [0.15, 0.2) is 65.6 Å². The molecule has 0 fully saturated rings. The molecule has 2 heterocycles. The Morgan fingerprint density at radius 1 is 1.05 bits per heavy atom. The van der Waals surface area contributed by atoms with Crippen LogP contribution in [0.2, 0.25) is 0 Å². The Bertz CT molecular complexity index is 749. The normalized spacial score (nSPS) is 16.3. The second kappa shape index (κ2) is 5.22. The van der Waals surface area contributed by atoms with Crippen molar-refractivity contribution in [1.82, 2.24) is 4.90 Å². The zero-order valence-corrected chi connectivity index (χ0v) is 12.4. The summed E-state index contributed by atoms with van der Waals surface area (Å²) in [4.78, 5) is 8.47. The van der Waals surface area contributed by atoms with Crippen LogP contribution in [-0.4, -0.2) is 24.3 Å². The summed E-state index contributed by atoms with van der Waals surface area (Å²) in [5.74, 6) is 1.67. The minimum absolute atomic E-state index is 0.806. The lowest BCUT2D eigenvalue weighted by Crippen LogP contribution is -2.28. The van der Waals surface area contributed by atoms with Gasteiger partial charge in [0.15, 0.2) is 5.75 Å².